The van der Waals surface area contributed by atoms with Crippen molar-refractivity contribution in [3.05, 3.63) is 0 Å². The van der Waals surface area contributed by atoms with E-state index < -0.39 is 0 Å². The highest BCUT2D eigenvalue weighted by Crippen LogP contribution is 2.20. The van der Waals surface area contributed by atoms with Crippen molar-refractivity contribution < 1.29 is 0 Å². The van der Waals surface area contributed by atoms with Gasteiger partial charge in [-0.25, -0.2) is 0 Å². The maximum Gasteiger partial charge on any atom is 0.0253 e. The third-order valence-corrected chi connectivity index (χ3v) is 2.75. The molecule has 0 bridgehead atoms. The van der Waals surface area contributed by atoms with Gasteiger partial charge < -0.3 is 16.8 Å². The molecule has 12 heavy (non-hydrogen) atoms. The second-order valence-corrected chi connectivity index (χ2v) is 4.43. The van der Waals surface area contributed by atoms with Gasteiger partial charge in [-0.05, 0) is 45.7 Å². The second kappa shape index (κ2) is 3.73. The van der Waals surface area contributed by atoms with Crippen LogP contribution in [-0.4, -0.2) is 24.7 Å². The van der Waals surface area contributed by atoms with Crippen molar-refractivity contribution in [3.8, 4) is 0 Å². The average Bonchev–Trinajstić information content (AvgIpc) is 2.03. The van der Waals surface area contributed by atoms with Gasteiger partial charge in [0.25, 0.3) is 0 Å². The Labute approximate surface area is 74.9 Å². The third-order valence-electron chi connectivity index (χ3n) is 2.75. The Kier molecular flexibility index (Phi) is 3.09. The van der Waals surface area contributed by atoms with Crippen LogP contribution >= 0.6 is 0 Å². The van der Waals surface area contributed by atoms with Gasteiger partial charge in [0.1, 0.15) is 0 Å². The molecule has 0 spiro atoms. The summed E-state index contributed by atoms with van der Waals surface area (Å²) in [7, 11) is 0. The minimum Gasteiger partial charge on any atom is -0.326 e. The van der Waals surface area contributed by atoms with Crippen molar-refractivity contribution in [2.45, 2.75) is 38.3 Å². The van der Waals surface area contributed by atoms with Crippen LogP contribution in [0.15, 0.2) is 0 Å². The van der Waals surface area contributed by atoms with E-state index in [4.69, 9.17) is 11.5 Å². The van der Waals surface area contributed by atoms with Gasteiger partial charge in [0.15, 0.2) is 0 Å². The van der Waals surface area contributed by atoms with Crippen molar-refractivity contribution in [2.75, 3.05) is 13.1 Å². The Morgan fingerprint density at radius 3 is 2.25 bits per heavy atom. The summed E-state index contributed by atoms with van der Waals surface area (Å²) in [5, 5.41) is 3.32. The molecule has 0 aromatic rings. The Morgan fingerprint density at radius 1 is 1.33 bits per heavy atom. The van der Waals surface area contributed by atoms with Crippen molar-refractivity contribution in [1.82, 2.24) is 5.32 Å². The first-order chi connectivity index (χ1) is 5.52. The van der Waals surface area contributed by atoms with Crippen LogP contribution in [0.5, 0.6) is 0 Å². The monoisotopic (exact) mass is 171 g/mol. The van der Waals surface area contributed by atoms with Crippen LogP contribution in [0.4, 0.5) is 0 Å². The maximum atomic E-state index is 6.07. The second-order valence-electron chi connectivity index (χ2n) is 4.43. The summed E-state index contributed by atoms with van der Waals surface area (Å²) in [6.45, 7) is 6.21. The van der Waals surface area contributed by atoms with E-state index in [0.717, 1.165) is 13.1 Å². The molecule has 1 unspecified atom stereocenters. The zero-order chi connectivity index (χ0) is 9.19. The average molecular weight is 171 g/mol. The molecule has 0 radical (unpaired) electrons. The van der Waals surface area contributed by atoms with Crippen LogP contribution in [0.2, 0.25) is 0 Å². The standard InChI is InChI=1S/C9H21N3/c1-9(2,11)8(10)7-3-5-12-6-4-7/h7-8,12H,3-6,10-11H2,1-2H3. The summed E-state index contributed by atoms with van der Waals surface area (Å²) in [5.74, 6) is 0.603. The largest absolute Gasteiger partial charge is 0.326 e. The lowest BCUT2D eigenvalue weighted by Crippen LogP contribution is -2.56. The first-order valence-corrected chi connectivity index (χ1v) is 4.77. The lowest BCUT2D eigenvalue weighted by atomic mass is 9.81. The molecule has 5 N–H and O–H groups in total. The quantitative estimate of drug-likeness (QED) is 0.550. The van der Waals surface area contributed by atoms with Crippen LogP contribution in [0.3, 0.4) is 0 Å². The van der Waals surface area contributed by atoms with E-state index in [0.29, 0.717) is 5.92 Å². The molecule has 72 valence electrons. The Balaban J connectivity index is 2.45. The predicted octanol–water partition coefficient (Wildman–Crippen LogP) is 0.0506. The van der Waals surface area contributed by atoms with Crippen LogP contribution in [-0.2, 0) is 0 Å². The van der Waals surface area contributed by atoms with E-state index in [-0.39, 0.29) is 11.6 Å². The topological polar surface area (TPSA) is 64.1 Å². The van der Waals surface area contributed by atoms with Crippen molar-refractivity contribution >= 4 is 0 Å². The SMILES string of the molecule is CC(C)(N)C(N)C1CCNCC1. The van der Waals surface area contributed by atoms with Gasteiger partial charge in [0, 0.05) is 11.6 Å². The maximum absolute atomic E-state index is 6.07. The summed E-state index contributed by atoms with van der Waals surface area (Å²) in [6, 6.07) is 0.139. The number of hydrogen-bond donors (Lipinski definition) is 3. The molecule has 0 amide bonds. The lowest BCUT2D eigenvalue weighted by Gasteiger charge is -2.36. The van der Waals surface area contributed by atoms with Gasteiger partial charge in [0.2, 0.25) is 0 Å². The van der Waals surface area contributed by atoms with Gasteiger partial charge in [-0.1, -0.05) is 0 Å². The first-order valence-electron chi connectivity index (χ1n) is 4.77. The first kappa shape index (κ1) is 9.96. The summed E-state index contributed by atoms with van der Waals surface area (Å²) in [5.41, 5.74) is 11.8. The van der Waals surface area contributed by atoms with Crippen molar-refractivity contribution in [3.63, 3.8) is 0 Å². The van der Waals surface area contributed by atoms with Crippen LogP contribution in [0.25, 0.3) is 0 Å². The summed E-state index contributed by atoms with van der Waals surface area (Å²) in [4.78, 5) is 0. The van der Waals surface area contributed by atoms with E-state index in [1.165, 1.54) is 12.8 Å². The number of rotatable bonds is 2. The molecule has 1 rings (SSSR count). The summed E-state index contributed by atoms with van der Waals surface area (Å²) in [6.07, 6.45) is 2.34. The molecule has 0 aliphatic carbocycles. The molecule has 0 aromatic carbocycles. The highest BCUT2D eigenvalue weighted by atomic mass is 14.9. The van der Waals surface area contributed by atoms with Crippen molar-refractivity contribution in [2.24, 2.45) is 17.4 Å². The Morgan fingerprint density at radius 2 is 1.83 bits per heavy atom. The van der Waals surface area contributed by atoms with Crippen LogP contribution < -0.4 is 16.8 Å². The van der Waals surface area contributed by atoms with E-state index in [2.05, 4.69) is 5.32 Å². The van der Waals surface area contributed by atoms with Crippen LogP contribution in [0, 0.1) is 5.92 Å². The summed E-state index contributed by atoms with van der Waals surface area (Å²) >= 11 is 0. The number of nitrogens with one attached hydrogen (secondary N) is 1. The minimum atomic E-state index is -0.234. The lowest BCUT2D eigenvalue weighted by molar-refractivity contribution is 0.246. The molecule has 0 aromatic heterocycles. The van der Waals surface area contributed by atoms with Gasteiger partial charge >= 0.3 is 0 Å². The zero-order valence-corrected chi connectivity index (χ0v) is 8.14. The van der Waals surface area contributed by atoms with Gasteiger partial charge in [-0.3, -0.25) is 0 Å². The van der Waals surface area contributed by atoms with E-state index in [1.807, 2.05) is 13.8 Å². The van der Waals surface area contributed by atoms with Crippen molar-refractivity contribution in [1.29, 1.82) is 0 Å². The molecule has 0 saturated carbocycles. The third kappa shape index (κ3) is 2.44. The predicted molar refractivity (Wildman–Crippen MR) is 51.8 cm³/mol. The molecule has 1 fully saturated rings. The van der Waals surface area contributed by atoms with Gasteiger partial charge in [-0.2, -0.15) is 0 Å². The van der Waals surface area contributed by atoms with E-state index >= 15 is 0 Å². The van der Waals surface area contributed by atoms with Gasteiger partial charge in [0.05, 0.1) is 0 Å². The molecule has 1 aliphatic heterocycles. The Bertz CT molecular complexity index is 133. The fourth-order valence-corrected chi connectivity index (χ4v) is 1.81. The highest BCUT2D eigenvalue weighted by Gasteiger charge is 2.29. The molecule has 3 heteroatoms. The molecule has 1 aliphatic rings. The van der Waals surface area contributed by atoms with E-state index in [1.54, 1.807) is 0 Å². The van der Waals surface area contributed by atoms with Gasteiger partial charge in [-0.15, -0.1) is 0 Å². The molecule has 1 heterocycles. The van der Waals surface area contributed by atoms with Crippen LogP contribution in [0.1, 0.15) is 26.7 Å². The number of nitrogens with two attached hydrogens (primary N) is 2. The zero-order valence-electron chi connectivity index (χ0n) is 8.14. The Hall–Kier alpha value is -0.120. The number of hydrogen-bond acceptors (Lipinski definition) is 3. The summed E-state index contributed by atoms with van der Waals surface area (Å²) < 4.78 is 0. The van der Waals surface area contributed by atoms with E-state index in [9.17, 15) is 0 Å². The number of piperidine rings is 1. The molecule has 1 saturated heterocycles. The fourth-order valence-electron chi connectivity index (χ4n) is 1.81. The normalized spacial score (nSPS) is 24.0. The highest BCUT2D eigenvalue weighted by molar-refractivity contribution is 4.92. The molecule has 1 atom stereocenters. The minimum absolute atomic E-state index is 0.139. The molecular formula is C9H21N3. The fraction of sp³-hybridized carbons (Fsp3) is 1.00. The molecular weight excluding hydrogens is 150 g/mol. The smallest absolute Gasteiger partial charge is 0.0253 e. The molecule has 3 nitrogen and oxygen atoms in total.